The van der Waals surface area contributed by atoms with Gasteiger partial charge in [0.25, 0.3) is 0 Å². The first kappa shape index (κ1) is 19.1. The van der Waals surface area contributed by atoms with E-state index in [0.29, 0.717) is 31.2 Å². The molecule has 0 spiro atoms. The van der Waals surface area contributed by atoms with E-state index in [9.17, 15) is 9.18 Å². The lowest BCUT2D eigenvalue weighted by molar-refractivity contribution is -0.128. The van der Waals surface area contributed by atoms with Crippen molar-refractivity contribution < 1.29 is 18.4 Å². The Morgan fingerprint density at radius 2 is 1.90 bits per heavy atom. The van der Waals surface area contributed by atoms with Gasteiger partial charge < -0.3 is 14.2 Å². The predicted octanol–water partition coefficient (Wildman–Crippen LogP) is 4.18. The molecule has 1 unspecified atom stereocenters. The number of halogens is 1. The summed E-state index contributed by atoms with van der Waals surface area (Å²) in [6.07, 6.45) is 0.430. The monoisotopic (exact) mass is 395 g/mol. The molecule has 7 heteroatoms. The van der Waals surface area contributed by atoms with Crippen molar-refractivity contribution in [2.45, 2.75) is 38.8 Å². The molecule has 2 heterocycles. The van der Waals surface area contributed by atoms with Gasteiger partial charge in [-0.05, 0) is 55.8 Å². The van der Waals surface area contributed by atoms with Crippen LogP contribution in [0.2, 0.25) is 0 Å². The van der Waals surface area contributed by atoms with Crippen LogP contribution in [0.3, 0.4) is 0 Å². The summed E-state index contributed by atoms with van der Waals surface area (Å²) in [7, 11) is 0. The lowest BCUT2D eigenvalue weighted by atomic mass is 10.1. The summed E-state index contributed by atoms with van der Waals surface area (Å²) in [6.45, 7) is 4.89. The molecule has 1 amide bonds. The Hall–Kier alpha value is -3.22. The highest BCUT2D eigenvalue weighted by Crippen LogP contribution is 2.30. The van der Waals surface area contributed by atoms with Crippen molar-refractivity contribution in [3.8, 4) is 17.1 Å². The Bertz CT molecular complexity index is 983. The second-order valence-electron chi connectivity index (χ2n) is 7.45. The molecule has 29 heavy (non-hydrogen) atoms. The number of aromatic nitrogens is 2. The molecule has 3 aromatic rings. The van der Waals surface area contributed by atoms with Crippen molar-refractivity contribution in [3.05, 3.63) is 65.8 Å². The van der Waals surface area contributed by atoms with Gasteiger partial charge in [0.05, 0.1) is 12.0 Å². The zero-order valence-electron chi connectivity index (χ0n) is 16.3. The van der Waals surface area contributed by atoms with E-state index >= 15 is 0 Å². The highest BCUT2D eigenvalue weighted by atomic mass is 19.1. The van der Waals surface area contributed by atoms with E-state index in [1.807, 2.05) is 38.1 Å². The maximum absolute atomic E-state index is 13.1. The summed E-state index contributed by atoms with van der Waals surface area (Å²) < 4.78 is 24.1. The molecule has 2 aromatic carbocycles. The molecule has 0 saturated carbocycles. The number of carbonyl (C=O) groups excluding carboxylic acids is 1. The van der Waals surface area contributed by atoms with E-state index in [-0.39, 0.29) is 23.7 Å². The van der Waals surface area contributed by atoms with Gasteiger partial charge in [0.2, 0.25) is 17.6 Å². The first-order chi connectivity index (χ1) is 14.0. The van der Waals surface area contributed by atoms with E-state index in [0.717, 1.165) is 16.9 Å². The normalized spacial score (nSPS) is 16.6. The molecular weight excluding hydrogens is 373 g/mol. The van der Waals surface area contributed by atoms with Crippen LogP contribution in [0.1, 0.15) is 37.6 Å². The number of amides is 1. The van der Waals surface area contributed by atoms with Crippen LogP contribution in [-0.4, -0.2) is 33.6 Å². The Kier molecular flexibility index (Phi) is 5.29. The molecule has 4 rings (SSSR count). The topological polar surface area (TPSA) is 68.5 Å². The third-order valence-electron chi connectivity index (χ3n) is 4.78. The SMILES string of the molecule is CC(C)Oc1ccc(-c2noc(C3CC(=O)N(Cc4ccc(F)cc4)C3)n2)cc1. The van der Waals surface area contributed by atoms with Crippen molar-refractivity contribution in [2.24, 2.45) is 0 Å². The molecule has 1 fully saturated rings. The van der Waals surface area contributed by atoms with Crippen molar-refractivity contribution in [2.75, 3.05) is 6.54 Å². The fourth-order valence-electron chi connectivity index (χ4n) is 3.37. The second kappa shape index (κ2) is 8.03. The highest BCUT2D eigenvalue weighted by Gasteiger charge is 2.34. The minimum absolute atomic E-state index is 0.0225. The quantitative estimate of drug-likeness (QED) is 0.626. The first-order valence-electron chi connectivity index (χ1n) is 9.61. The zero-order valence-corrected chi connectivity index (χ0v) is 16.3. The summed E-state index contributed by atoms with van der Waals surface area (Å²) >= 11 is 0. The number of nitrogens with zero attached hydrogens (tertiary/aromatic N) is 3. The minimum Gasteiger partial charge on any atom is -0.491 e. The number of ether oxygens (including phenoxy) is 1. The first-order valence-corrected chi connectivity index (χ1v) is 9.61. The summed E-state index contributed by atoms with van der Waals surface area (Å²) in [4.78, 5) is 18.6. The fraction of sp³-hybridized carbons (Fsp3) is 0.318. The lowest BCUT2D eigenvalue weighted by Gasteiger charge is -2.15. The molecule has 0 radical (unpaired) electrons. The van der Waals surface area contributed by atoms with Crippen molar-refractivity contribution >= 4 is 5.91 Å². The molecule has 1 aliphatic heterocycles. The van der Waals surface area contributed by atoms with Crippen molar-refractivity contribution in [1.82, 2.24) is 15.0 Å². The average molecular weight is 395 g/mol. The second-order valence-corrected chi connectivity index (χ2v) is 7.45. The van der Waals surface area contributed by atoms with Crippen LogP contribution in [0.25, 0.3) is 11.4 Å². The average Bonchev–Trinajstić information content (AvgIpc) is 3.31. The standard InChI is InChI=1S/C22H22FN3O3/c1-14(2)28-19-9-5-16(6-10-19)21-24-22(29-25-21)17-11-20(27)26(13-17)12-15-3-7-18(23)8-4-15/h3-10,14,17H,11-13H2,1-2H3. The van der Waals surface area contributed by atoms with Gasteiger partial charge in [0, 0.05) is 25.1 Å². The molecule has 0 bridgehead atoms. The Labute approximate surface area is 168 Å². The van der Waals surface area contributed by atoms with Gasteiger partial charge in [0.1, 0.15) is 11.6 Å². The zero-order chi connectivity index (χ0) is 20.4. The molecule has 150 valence electrons. The summed E-state index contributed by atoms with van der Waals surface area (Å²) in [5.41, 5.74) is 1.71. The number of rotatable bonds is 6. The Morgan fingerprint density at radius 1 is 1.17 bits per heavy atom. The van der Waals surface area contributed by atoms with E-state index < -0.39 is 0 Å². The Balaban J connectivity index is 1.43. The van der Waals surface area contributed by atoms with E-state index in [2.05, 4.69) is 10.1 Å². The molecule has 1 aliphatic rings. The predicted molar refractivity (Wildman–Crippen MR) is 105 cm³/mol. The van der Waals surface area contributed by atoms with E-state index in [1.54, 1.807) is 17.0 Å². The molecular formula is C22H22FN3O3. The number of hydrogen-bond acceptors (Lipinski definition) is 5. The third-order valence-corrected chi connectivity index (χ3v) is 4.78. The van der Waals surface area contributed by atoms with Gasteiger partial charge in [-0.15, -0.1) is 0 Å². The molecule has 0 N–H and O–H groups in total. The molecule has 6 nitrogen and oxygen atoms in total. The van der Waals surface area contributed by atoms with Gasteiger partial charge in [-0.2, -0.15) is 4.98 Å². The van der Waals surface area contributed by atoms with E-state index in [1.165, 1.54) is 12.1 Å². The largest absolute Gasteiger partial charge is 0.491 e. The van der Waals surface area contributed by atoms with Crippen LogP contribution >= 0.6 is 0 Å². The van der Waals surface area contributed by atoms with Gasteiger partial charge in [-0.1, -0.05) is 17.3 Å². The number of benzene rings is 2. The van der Waals surface area contributed by atoms with Gasteiger partial charge in [-0.25, -0.2) is 4.39 Å². The maximum atomic E-state index is 13.1. The van der Waals surface area contributed by atoms with Gasteiger partial charge >= 0.3 is 0 Å². The number of hydrogen-bond donors (Lipinski definition) is 0. The van der Waals surface area contributed by atoms with E-state index in [4.69, 9.17) is 9.26 Å². The third kappa shape index (κ3) is 4.45. The van der Waals surface area contributed by atoms with Gasteiger partial charge in [0.15, 0.2) is 0 Å². The van der Waals surface area contributed by atoms with Crippen LogP contribution in [0.15, 0.2) is 53.1 Å². The fourth-order valence-corrected chi connectivity index (χ4v) is 3.37. The van der Waals surface area contributed by atoms with Crippen LogP contribution < -0.4 is 4.74 Å². The highest BCUT2D eigenvalue weighted by molar-refractivity contribution is 5.79. The molecule has 0 aliphatic carbocycles. The van der Waals surface area contributed by atoms with Crippen LogP contribution in [0, 0.1) is 5.82 Å². The minimum atomic E-state index is -0.290. The molecule has 1 aromatic heterocycles. The van der Waals surface area contributed by atoms with Crippen LogP contribution in [-0.2, 0) is 11.3 Å². The Morgan fingerprint density at radius 3 is 2.59 bits per heavy atom. The van der Waals surface area contributed by atoms with Crippen molar-refractivity contribution in [1.29, 1.82) is 0 Å². The van der Waals surface area contributed by atoms with Crippen LogP contribution in [0.5, 0.6) is 5.75 Å². The summed E-state index contributed by atoms with van der Waals surface area (Å²) in [5, 5.41) is 4.07. The number of likely N-dealkylation sites (tertiary alicyclic amines) is 1. The lowest BCUT2D eigenvalue weighted by Crippen LogP contribution is -2.24. The summed E-state index contributed by atoms with van der Waals surface area (Å²) in [5.74, 6) is 1.31. The summed E-state index contributed by atoms with van der Waals surface area (Å²) in [6, 6.07) is 13.7. The maximum Gasteiger partial charge on any atom is 0.232 e. The van der Waals surface area contributed by atoms with Crippen molar-refractivity contribution in [3.63, 3.8) is 0 Å². The number of carbonyl (C=O) groups is 1. The molecule has 1 atom stereocenters. The molecule has 1 saturated heterocycles. The van der Waals surface area contributed by atoms with Gasteiger partial charge in [-0.3, -0.25) is 4.79 Å². The van der Waals surface area contributed by atoms with Crippen LogP contribution in [0.4, 0.5) is 4.39 Å². The smallest absolute Gasteiger partial charge is 0.232 e.